The molecule has 1 aromatic carbocycles. The zero-order valence-corrected chi connectivity index (χ0v) is 15.5. The fourth-order valence-corrected chi connectivity index (χ4v) is 5.54. The van der Waals surface area contributed by atoms with E-state index in [1.54, 1.807) is 0 Å². The van der Waals surface area contributed by atoms with Crippen molar-refractivity contribution in [2.45, 2.75) is 45.4 Å². The van der Waals surface area contributed by atoms with Gasteiger partial charge in [-0.1, -0.05) is 39.5 Å². The Morgan fingerprint density at radius 3 is 2.58 bits per heavy atom. The van der Waals surface area contributed by atoms with Gasteiger partial charge in [0.05, 0.1) is 0 Å². The number of piperidine rings is 1. The molecular weight excluding hydrogens is 328 g/mol. The number of imide groups is 1. The number of rotatable bonds is 2. The number of para-hydroxylation sites is 2. The highest BCUT2D eigenvalue weighted by atomic mass is 16.3. The van der Waals surface area contributed by atoms with Crippen molar-refractivity contribution in [2.75, 3.05) is 6.54 Å². The molecule has 0 unspecified atom stereocenters. The largest absolute Gasteiger partial charge is 0.440 e. The Morgan fingerprint density at radius 1 is 1.19 bits per heavy atom. The maximum atomic E-state index is 13.1. The lowest BCUT2D eigenvalue weighted by Crippen LogP contribution is -2.62. The molecule has 5 heteroatoms. The molecule has 2 aliphatic rings. The van der Waals surface area contributed by atoms with Crippen LogP contribution in [0.2, 0.25) is 0 Å². The highest BCUT2D eigenvalue weighted by Gasteiger charge is 2.59. The van der Waals surface area contributed by atoms with E-state index < -0.39 is 5.41 Å². The lowest BCUT2D eigenvalue weighted by atomic mass is 9.52. The van der Waals surface area contributed by atoms with Crippen molar-refractivity contribution < 1.29 is 14.0 Å². The van der Waals surface area contributed by atoms with Crippen molar-refractivity contribution >= 4 is 22.9 Å². The quantitative estimate of drug-likeness (QED) is 0.771. The fourth-order valence-electron chi connectivity index (χ4n) is 5.54. The zero-order chi connectivity index (χ0) is 18.7. The minimum absolute atomic E-state index is 0.109. The Labute approximate surface area is 153 Å². The van der Waals surface area contributed by atoms with Crippen LogP contribution in [0.25, 0.3) is 11.1 Å². The molecule has 0 spiro atoms. The van der Waals surface area contributed by atoms with Crippen molar-refractivity contribution in [3.63, 3.8) is 0 Å². The third kappa shape index (κ3) is 2.41. The van der Waals surface area contributed by atoms with Crippen molar-refractivity contribution in [1.29, 1.82) is 0 Å². The van der Waals surface area contributed by atoms with Gasteiger partial charge in [0.25, 0.3) is 5.91 Å². The Bertz CT molecular complexity index is 899. The predicted molar refractivity (Wildman–Crippen MR) is 98.3 cm³/mol. The molecule has 2 heterocycles. The summed E-state index contributed by atoms with van der Waals surface area (Å²) >= 11 is 0. The van der Waals surface area contributed by atoms with E-state index in [0.717, 1.165) is 23.9 Å². The molecule has 1 saturated carbocycles. The van der Waals surface area contributed by atoms with Crippen LogP contribution in [-0.2, 0) is 15.0 Å². The van der Waals surface area contributed by atoms with Gasteiger partial charge in [-0.25, -0.2) is 4.98 Å². The molecule has 1 aliphatic heterocycles. The van der Waals surface area contributed by atoms with Gasteiger partial charge in [-0.05, 0) is 42.9 Å². The number of benzene rings is 1. The van der Waals surface area contributed by atoms with Gasteiger partial charge in [0.2, 0.25) is 11.8 Å². The van der Waals surface area contributed by atoms with Crippen molar-refractivity contribution in [3.8, 4) is 0 Å². The molecule has 26 heavy (non-hydrogen) atoms. The SMILES string of the molecule is C=CC(=O)N1C[C@@]2(C)C[C@](C)(C[C@@](C)(c3nc4ccccc4o3)C2)C1=O. The highest BCUT2D eigenvalue weighted by Crippen LogP contribution is 2.58. The van der Waals surface area contributed by atoms with E-state index in [9.17, 15) is 9.59 Å². The summed E-state index contributed by atoms with van der Waals surface area (Å²) < 4.78 is 6.08. The number of hydrogen-bond acceptors (Lipinski definition) is 4. The van der Waals surface area contributed by atoms with Crippen molar-refractivity contribution in [2.24, 2.45) is 10.8 Å². The second-order valence-corrected chi connectivity index (χ2v) is 8.88. The van der Waals surface area contributed by atoms with Gasteiger partial charge in [0.15, 0.2) is 5.58 Å². The predicted octanol–water partition coefficient (Wildman–Crippen LogP) is 3.84. The summed E-state index contributed by atoms with van der Waals surface area (Å²) in [6, 6.07) is 7.73. The lowest BCUT2D eigenvalue weighted by molar-refractivity contribution is -0.167. The molecule has 0 radical (unpaired) electrons. The number of carbonyl (C=O) groups excluding carboxylic acids is 2. The van der Waals surface area contributed by atoms with Crippen LogP contribution < -0.4 is 0 Å². The van der Waals surface area contributed by atoms with Gasteiger partial charge >= 0.3 is 0 Å². The monoisotopic (exact) mass is 352 g/mol. The molecule has 2 bridgehead atoms. The van der Waals surface area contributed by atoms with Crippen molar-refractivity contribution in [1.82, 2.24) is 9.88 Å². The first kappa shape index (κ1) is 17.0. The van der Waals surface area contributed by atoms with Crippen LogP contribution in [0.1, 0.15) is 45.9 Å². The van der Waals surface area contributed by atoms with Crippen LogP contribution in [0.5, 0.6) is 0 Å². The number of hydrogen-bond donors (Lipinski definition) is 0. The maximum Gasteiger partial charge on any atom is 0.252 e. The summed E-state index contributed by atoms with van der Waals surface area (Å²) in [4.78, 5) is 31.4. The maximum absolute atomic E-state index is 13.1. The van der Waals surface area contributed by atoms with E-state index in [4.69, 9.17) is 9.40 Å². The topological polar surface area (TPSA) is 63.4 Å². The Morgan fingerprint density at radius 2 is 1.88 bits per heavy atom. The van der Waals surface area contributed by atoms with Gasteiger partial charge in [-0.15, -0.1) is 0 Å². The smallest absolute Gasteiger partial charge is 0.252 e. The molecule has 1 saturated heterocycles. The molecular formula is C21H24N2O3. The van der Waals surface area contributed by atoms with E-state index in [2.05, 4.69) is 20.4 Å². The van der Waals surface area contributed by atoms with E-state index in [0.29, 0.717) is 18.9 Å². The molecule has 2 fully saturated rings. The Balaban J connectivity index is 1.77. The number of aromatic nitrogens is 1. The van der Waals surface area contributed by atoms with Gasteiger partial charge < -0.3 is 4.42 Å². The number of carbonyl (C=O) groups is 2. The van der Waals surface area contributed by atoms with Crippen molar-refractivity contribution in [3.05, 3.63) is 42.8 Å². The Hall–Kier alpha value is -2.43. The normalized spacial score (nSPS) is 34.1. The average Bonchev–Trinajstić information content (AvgIpc) is 3.01. The first-order valence-electron chi connectivity index (χ1n) is 9.03. The number of likely N-dealkylation sites (tertiary alicyclic amines) is 1. The first-order valence-corrected chi connectivity index (χ1v) is 9.03. The second kappa shape index (κ2) is 5.29. The summed E-state index contributed by atoms with van der Waals surface area (Å²) in [5, 5.41) is 0. The molecule has 5 nitrogen and oxygen atoms in total. The van der Waals surface area contributed by atoms with E-state index in [1.807, 2.05) is 31.2 Å². The molecule has 4 rings (SSSR count). The van der Waals surface area contributed by atoms with Gasteiger partial charge in [0.1, 0.15) is 5.52 Å². The third-order valence-electron chi connectivity index (χ3n) is 5.97. The summed E-state index contributed by atoms with van der Waals surface area (Å²) in [6.07, 6.45) is 3.43. The molecule has 136 valence electrons. The van der Waals surface area contributed by atoms with E-state index in [-0.39, 0.29) is 22.6 Å². The summed E-state index contributed by atoms with van der Waals surface area (Å²) in [5.41, 5.74) is 0.475. The molecule has 2 amide bonds. The number of fused-ring (bicyclic) bond motifs is 3. The molecule has 0 N–H and O–H groups in total. The summed E-state index contributed by atoms with van der Waals surface area (Å²) in [6.45, 7) is 10.2. The van der Waals surface area contributed by atoms with Gasteiger partial charge in [0, 0.05) is 17.4 Å². The minimum Gasteiger partial charge on any atom is -0.440 e. The average molecular weight is 352 g/mol. The zero-order valence-electron chi connectivity index (χ0n) is 15.5. The molecule has 1 aromatic heterocycles. The van der Waals surface area contributed by atoms with E-state index in [1.165, 1.54) is 11.0 Å². The summed E-state index contributed by atoms with van der Waals surface area (Å²) in [5.74, 6) is 0.270. The number of amides is 2. The van der Waals surface area contributed by atoms with E-state index >= 15 is 0 Å². The Kier molecular flexibility index (Phi) is 3.46. The van der Waals surface area contributed by atoms with Gasteiger partial charge in [-0.3, -0.25) is 14.5 Å². The van der Waals surface area contributed by atoms with Crippen LogP contribution in [0.3, 0.4) is 0 Å². The van der Waals surface area contributed by atoms with Crippen LogP contribution in [-0.4, -0.2) is 28.2 Å². The fraction of sp³-hybridized carbons (Fsp3) is 0.476. The van der Waals surface area contributed by atoms with Crippen LogP contribution in [0.15, 0.2) is 41.3 Å². The van der Waals surface area contributed by atoms with Crippen LogP contribution >= 0.6 is 0 Å². The molecule has 2 aromatic rings. The number of nitrogens with zero attached hydrogens (tertiary/aromatic N) is 2. The standard InChI is InChI=1S/C21H24N2O3/c1-5-16(24)23-13-19(2)10-20(3,12-21(4,11-19)18(23)25)17-22-14-8-6-7-9-15(14)26-17/h5-9H,1,10-13H2,2-4H3/t19-,20+,21-/m1/s1. The number of oxazole rings is 1. The van der Waals surface area contributed by atoms with Crippen LogP contribution in [0.4, 0.5) is 0 Å². The van der Waals surface area contributed by atoms with Gasteiger partial charge in [-0.2, -0.15) is 0 Å². The third-order valence-corrected chi connectivity index (χ3v) is 5.97. The highest BCUT2D eigenvalue weighted by molar-refractivity contribution is 6.03. The first-order chi connectivity index (χ1) is 12.2. The minimum atomic E-state index is -0.612. The molecule has 1 aliphatic carbocycles. The second-order valence-electron chi connectivity index (χ2n) is 8.88. The van der Waals surface area contributed by atoms with Crippen LogP contribution in [0, 0.1) is 10.8 Å². The summed E-state index contributed by atoms with van der Waals surface area (Å²) in [7, 11) is 0. The lowest BCUT2D eigenvalue weighted by Gasteiger charge is -2.56. The molecule has 3 atom stereocenters.